The zero-order chi connectivity index (χ0) is 14.6. The largest absolute Gasteiger partial charge is 0.271 e. The van der Waals surface area contributed by atoms with Crippen molar-refractivity contribution in [1.82, 2.24) is 19.7 Å². The summed E-state index contributed by atoms with van der Waals surface area (Å²) in [5.74, 6) is 5.87. The van der Waals surface area contributed by atoms with Gasteiger partial charge in [-0.25, -0.2) is 12.7 Å². The fraction of sp³-hybridized carbons (Fsp3) is 0.667. The van der Waals surface area contributed by atoms with Crippen molar-refractivity contribution in [3.05, 3.63) is 24.3 Å². The second kappa shape index (κ2) is 6.57. The van der Waals surface area contributed by atoms with Gasteiger partial charge in [0, 0.05) is 25.5 Å². The van der Waals surface area contributed by atoms with Crippen molar-refractivity contribution in [2.45, 2.75) is 25.3 Å². The summed E-state index contributed by atoms with van der Waals surface area (Å²) in [6.45, 7) is 1.17. The maximum Gasteiger partial charge on any atom is 0.211 e. The van der Waals surface area contributed by atoms with E-state index in [9.17, 15) is 8.42 Å². The molecule has 0 saturated carbocycles. The van der Waals surface area contributed by atoms with Crippen LogP contribution in [0.25, 0.3) is 0 Å². The fourth-order valence-electron chi connectivity index (χ4n) is 2.62. The van der Waals surface area contributed by atoms with E-state index in [1.807, 2.05) is 0 Å². The Morgan fingerprint density at radius 1 is 1.55 bits per heavy atom. The van der Waals surface area contributed by atoms with Crippen molar-refractivity contribution < 1.29 is 8.42 Å². The van der Waals surface area contributed by atoms with Crippen LogP contribution in [0.3, 0.4) is 0 Å². The summed E-state index contributed by atoms with van der Waals surface area (Å²) in [5.41, 5.74) is 3.53. The Labute approximate surface area is 119 Å². The second-order valence-electron chi connectivity index (χ2n) is 5.21. The van der Waals surface area contributed by atoms with E-state index in [-0.39, 0.29) is 12.0 Å². The molecule has 0 radical (unpaired) electrons. The summed E-state index contributed by atoms with van der Waals surface area (Å²) in [6.07, 6.45) is 8.83. The summed E-state index contributed by atoms with van der Waals surface area (Å²) < 4.78 is 24.8. The first kappa shape index (κ1) is 15.3. The van der Waals surface area contributed by atoms with Crippen molar-refractivity contribution in [2.24, 2.45) is 11.8 Å². The predicted molar refractivity (Wildman–Crippen MR) is 75.9 cm³/mol. The lowest BCUT2D eigenvalue weighted by Crippen LogP contribution is -2.41. The molecule has 20 heavy (non-hydrogen) atoms. The average Bonchev–Trinajstić information content (AvgIpc) is 2.45. The number of nitrogens with two attached hydrogens (primary N) is 1. The van der Waals surface area contributed by atoms with Crippen LogP contribution in [0.5, 0.6) is 0 Å². The summed E-state index contributed by atoms with van der Waals surface area (Å²) in [6, 6.07) is -0.104. The maximum atomic E-state index is 11.6. The fourth-order valence-corrected chi connectivity index (χ4v) is 3.56. The summed E-state index contributed by atoms with van der Waals surface area (Å²) in [7, 11) is -3.11. The number of hydrogen-bond acceptors (Lipinski definition) is 6. The lowest BCUT2D eigenvalue weighted by Gasteiger charge is -2.32. The molecule has 2 unspecified atom stereocenters. The first-order chi connectivity index (χ1) is 9.50. The molecule has 7 nitrogen and oxygen atoms in total. The van der Waals surface area contributed by atoms with E-state index in [0.717, 1.165) is 25.0 Å². The van der Waals surface area contributed by atoms with Gasteiger partial charge in [-0.15, -0.1) is 0 Å². The summed E-state index contributed by atoms with van der Waals surface area (Å²) in [4.78, 5) is 8.28. The third kappa shape index (κ3) is 3.95. The standard InChI is InChI=1S/C12H21N5O2S/c1-20(18,19)17-6-2-3-10(9-17)7-11(16-13)12-8-14-4-5-15-12/h4-5,8,10-11,16H,2-3,6-7,9,13H2,1H3. The van der Waals surface area contributed by atoms with Gasteiger partial charge in [0.1, 0.15) is 0 Å². The smallest absolute Gasteiger partial charge is 0.211 e. The van der Waals surface area contributed by atoms with Gasteiger partial charge in [0.25, 0.3) is 0 Å². The van der Waals surface area contributed by atoms with Crippen LogP contribution in [0, 0.1) is 5.92 Å². The molecule has 8 heteroatoms. The first-order valence-electron chi connectivity index (χ1n) is 6.68. The molecule has 2 atom stereocenters. The van der Waals surface area contributed by atoms with Gasteiger partial charge in [0.15, 0.2) is 0 Å². The molecule has 1 aromatic heterocycles. The van der Waals surface area contributed by atoms with E-state index >= 15 is 0 Å². The topological polar surface area (TPSA) is 101 Å². The van der Waals surface area contributed by atoms with Gasteiger partial charge in [-0.05, 0) is 25.2 Å². The second-order valence-corrected chi connectivity index (χ2v) is 7.20. The van der Waals surface area contributed by atoms with Crippen molar-refractivity contribution >= 4 is 10.0 Å². The normalized spacial score (nSPS) is 22.6. The number of aromatic nitrogens is 2. The lowest BCUT2D eigenvalue weighted by molar-refractivity contribution is 0.237. The van der Waals surface area contributed by atoms with E-state index in [2.05, 4.69) is 15.4 Å². The quantitative estimate of drug-likeness (QED) is 0.588. The molecule has 0 aliphatic carbocycles. The number of hydrazine groups is 1. The van der Waals surface area contributed by atoms with Gasteiger partial charge in [-0.1, -0.05) is 0 Å². The number of hydrogen-bond donors (Lipinski definition) is 2. The molecule has 0 bridgehead atoms. The van der Waals surface area contributed by atoms with Crippen LogP contribution >= 0.6 is 0 Å². The number of piperidine rings is 1. The highest BCUT2D eigenvalue weighted by atomic mass is 32.2. The van der Waals surface area contributed by atoms with Crippen LogP contribution in [0.1, 0.15) is 31.0 Å². The van der Waals surface area contributed by atoms with Crippen LogP contribution in [-0.2, 0) is 10.0 Å². The molecule has 112 valence electrons. The molecule has 1 fully saturated rings. The number of rotatable bonds is 5. The number of sulfonamides is 1. The average molecular weight is 299 g/mol. The Morgan fingerprint density at radius 3 is 2.95 bits per heavy atom. The monoisotopic (exact) mass is 299 g/mol. The van der Waals surface area contributed by atoms with E-state index in [1.54, 1.807) is 22.9 Å². The molecule has 1 saturated heterocycles. The minimum Gasteiger partial charge on any atom is -0.271 e. The Morgan fingerprint density at radius 2 is 2.35 bits per heavy atom. The van der Waals surface area contributed by atoms with Crippen molar-refractivity contribution in [3.8, 4) is 0 Å². The van der Waals surface area contributed by atoms with Gasteiger partial charge in [-0.3, -0.25) is 21.2 Å². The Bertz CT molecular complexity index is 522. The summed E-state index contributed by atoms with van der Waals surface area (Å²) >= 11 is 0. The van der Waals surface area contributed by atoms with Crippen molar-refractivity contribution in [2.75, 3.05) is 19.3 Å². The third-order valence-electron chi connectivity index (χ3n) is 3.66. The Hall–Kier alpha value is -1.09. The zero-order valence-corrected chi connectivity index (χ0v) is 12.4. The van der Waals surface area contributed by atoms with E-state index < -0.39 is 10.0 Å². The SMILES string of the molecule is CS(=O)(=O)N1CCCC(CC(NN)c2cnccn2)C1. The van der Waals surface area contributed by atoms with E-state index in [0.29, 0.717) is 13.1 Å². The molecule has 3 N–H and O–H groups in total. The highest BCUT2D eigenvalue weighted by Crippen LogP contribution is 2.27. The highest BCUT2D eigenvalue weighted by molar-refractivity contribution is 7.88. The lowest BCUT2D eigenvalue weighted by atomic mass is 9.91. The number of nitrogens with one attached hydrogen (secondary N) is 1. The molecule has 1 aromatic rings. The molecular formula is C12H21N5O2S. The Balaban J connectivity index is 2.01. The molecule has 1 aliphatic rings. The molecule has 0 spiro atoms. The van der Waals surface area contributed by atoms with Crippen molar-refractivity contribution in [1.29, 1.82) is 0 Å². The zero-order valence-electron chi connectivity index (χ0n) is 11.6. The first-order valence-corrected chi connectivity index (χ1v) is 8.52. The van der Waals surface area contributed by atoms with Crippen molar-refractivity contribution in [3.63, 3.8) is 0 Å². The molecule has 0 amide bonds. The minimum atomic E-state index is -3.11. The van der Waals surface area contributed by atoms with Crippen LogP contribution < -0.4 is 11.3 Å². The Kier molecular flexibility index (Phi) is 5.03. The predicted octanol–water partition coefficient (Wildman–Crippen LogP) is 0.0427. The molecule has 2 heterocycles. The van der Waals surface area contributed by atoms with Gasteiger partial charge >= 0.3 is 0 Å². The molecular weight excluding hydrogens is 278 g/mol. The molecule has 1 aliphatic heterocycles. The van der Waals surface area contributed by atoms with Gasteiger partial charge in [-0.2, -0.15) is 0 Å². The van der Waals surface area contributed by atoms with Crippen LogP contribution in [-0.4, -0.2) is 42.0 Å². The van der Waals surface area contributed by atoms with Crippen LogP contribution in [0.2, 0.25) is 0 Å². The van der Waals surface area contributed by atoms with E-state index in [4.69, 9.17) is 5.84 Å². The van der Waals surface area contributed by atoms with Gasteiger partial charge in [0.05, 0.1) is 24.2 Å². The highest BCUT2D eigenvalue weighted by Gasteiger charge is 2.28. The van der Waals surface area contributed by atoms with Crippen LogP contribution in [0.4, 0.5) is 0 Å². The van der Waals surface area contributed by atoms with Gasteiger partial charge in [0.2, 0.25) is 10.0 Å². The minimum absolute atomic E-state index is 0.104. The van der Waals surface area contributed by atoms with Crippen LogP contribution in [0.15, 0.2) is 18.6 Å². The third-order valence-corrected chi connectivity index (χ3v) is 4.93. The van der Waals surface area contributed by atoms with Gasteiger partial charge < -0.3 is 0 Å². The summed E-state index contributed by atoms with van der Waals surface area (Å²) in [5, 5.41) is 0. The molecule has 2 rings (SSSR count). The molecule has 0 aromatic carbocycles. The maximum absolute atomic E-state index is 11.6. The van der Waals surface area contributed by atoms with E-state index in [1.165, 1.54) is 6.26 Å². The number of nitrogens with zero attached hydrogens (tertiary/aromatic N) is 3.